The molecule has 0 bridgehead atoms. The van der Waals surface area contributed by atoms with E-state index in [0.717, 1.165) is 0 Å². The van der Waals surface area contributed by atoms with Crippen molar-refractivity contribution in [3.8, 4) is 0 Å². The van der Waals surface area contributed by atoms with Gasteiger partial charge < -0.3 is 5.11 Å². The Morgan fingerprint density at radius 3 is 2.29 bits per heavy atom. The van der Waals surface area contributed by atoms with Gasteiger partial charge in [0.25, 0.3) is 10.0 Å². The van der Waals surface area contributed by atoms with Gasteiger partial charge in [-0.05, 0) is 58.4 Å². The van der Waals surface area contributed by atoms with Crippen molar-refractivity contribution in [2.75, 3.05) is 4.72 Å². The number of aromatic carboxylic acids is 1. The molecule has 0 fully saturated rings. The molecule has 5 nitrogen and oxygen atoms in total. The van der Waals surface area contributed by atoms with Crippen LogP contribution in [0.15, 0.2) is 51.8 Å². The molecule has 2 aromatic rings. The SMILES string of the molecule is O=C(O)c1ccc(S(=O)(=O)Nc2ccc(Cl)cc2Br)cc1. The first-order valence-corrected chi connectivity index (χ1v) is 8.26. The van der Waals surface area contributed by atoms with E-state index in [4.69, 9.17) is 16.7 Å². The fraction of sp³-hybridized carbons (Fsp3) is 0. The summed E-state index contributed by atoms with van der Waals surface area (Å²) >= 11 is 9.00. The normalized spacial score (nSPS) is 11.1. The highest BCUT2D eigenvalue weighted by Gasteiger charge is 2.16. The van der Waals surface area contributed by atoms with Crippen molar-refractivity contribution in [1.82, 2.24) is 0 Å². The predicted octanol–water partition coefficient (Wildman–Crippen LogP) is 3.60. The molecule has 0 unspecified atom stereocenters. The van der Waals surface area contributed by atoms with Gasteiger partial charge in [0.15, 0.2) is 0 Å². The van der Waals surface area contributed by atoms with Gasteiger partial charge in [0, 0.05) is 9.50 Å². The average molecular weight is 391 g/mol. The van der Waals surface area contributed by atoms with Crippen molar-refractivity contribution in [2.45, 2.75) is 4.90 Å². The van der Waals surface area contributed by atoms with E-state index in [0.29, 0.717) is 15.2 Å². The fourth-order valence-electron chi connectivity index (χ4n) is 1.55. The summed E-state index contributed by atoms with van der Waals surface area (Å²) in [6.45, 7) is 0. The lowest BCUT2D eigenvalue weighted by Crippen LogP contribution is -2.13. The Hall–Kier alpha value is -1.57. The molecule has 0 saturated carbocycles. The first-order valence-electron chi connectivity index (χ1n) is 5.61. The molecule has 2 aromatic carbocycles. The highest BCUT2D eigenvalue weighted by Crippen LogP contribution is 2.28. The molecule has 0 saturated heterocycles. The van der Waals surface area contributed by atoms with Crippen LogP contribution in [0.1, 0.15) is 10.4 Å². The van der Waals surface area contributed by atoms with Crippen LogP contribution in [-0.2, 0) is 10.0 Å². The Bertz CT molecular complexity index is 790. The zero-order valence-corrected chi connectivity index (χ0v) is 13.5. The van der Waals surface area contributed by atoms with E-state index in [1.807, 2.05) is 0 Å². The number of anilines is 1. The first-order chi connectivity index (χ1) is 9.79. The van der Waals surface area contributed by atoms with Crippen LogP contribution in [0.2, 0.25) is 5.02 Å². The maximum absolute atomic E-state index is 12.2. The number of nitrogens with one attached hydrogen (secondary N) is 1. The van der Waals surface area contributed by atoms with E-state index in [1.165, 1.54) is 30.3 Å². The van der Waals surface area contributed by atoms with Gasteiger partial charge in [-0.25, -0.2) is 13.2 Å². The number of hydrogen-bond donors (Lipinski definition) is 2. The van der Waals surface area contributed by atoms with Crippen LogP contribution < -0.4 is 4.72 Å². The van der Waals surface area contributed by atoms with Crippen LogP contribution in [0, 0.1) is 0 Å². The zero-order chi connectivity index (χ0) is 15.6. The number of hydrogen-bond acceptors (Lipinski definition) is 3. The quantitative estimate of drug-likeness (QED) is 0.835. The molecule has 0 aliphatic carbocycles. The van der Waals surface area contributed by atoms with E-state index >= 15 is 0 Å². The second-order valence-corrected chi connectivity index (χ2v) is 7.03. The Morgan fingerprint density at radius 1 is 1.14 bits per heavy atom. The zero-order valence-electron chi connectivity index (χ0n) is 10.4. The average Bonchev–Trinajstić information content (AvgIpc) is 2.42. The van der Waals surface area contributed by atoms with Gasteiger partial charge in [0.1, 0.15) is 0 Å². The molecule has 0 heterocycles. The van der Waals surface area contributed by atoms with Gasteiger partial charge in [-0.15, -0.1) is 0 Å². The minimum absolute atomic E-state index is 0.0154. The fourth-order valence-corrected chi connectivity index (χ4v) is 3.55. The summed E-state index contributed by atoms with van der Waals surface area (Å²) in [5.41, 5.74) is 0.350. The monoisotopic (exact) mass is 389 g/mol. The number of halogens is 2. The minimum atomic E-state index is -3.81. The van der Waals surface area contributed by atoms with Crippen molar-refractivity contribution in [2.24, 2.45) is 0 Å². The third kappa shape index (κ3) is 3.75. The second kappa shape index (κ2) is 6.05. The van der Waals surface area contributed by atoms with Gasteiger partial charge in [0.05, 0.1) is 16.1 Å². The lowest BCUT2D eigenvalue weighted by Gasteiger charge is -2.10. The van der Waals surface area contributed by atoms with Crippen molar-refractivity contribution in [3.05, 3.63) is 57.5 Å². The Labute approximate surface area is 134 Å². The molecule has 0 spiro atoms. The highest BCUT2D eigenvalue weighted by atomic mass is 79.9. The standard InChI is InChI=1S/C13H9BrClNO4S/c14-11-7-9(15)3-6-12(11)16-21(19,20)10-4-1-8(2-5-10)13(17)18/h1-7,16H,(H,17,18). The van der Waals surface area contributed by atoms with E-state index in [9.17, 15) is 13.2 Å². The van der Waals surface area contributed by atoms with Gasteiger partial charge in [-0.3, -0.25) is 4.72 Å². The van der Waals surface area contributed by atoms with Crippen molar-refractivity contribution in [1.29, 1.82) is 0 Å². The van der Waals surface area contributed by atoms with Crippen LogP contribution in [-0.4, -0.2) is 19.5 Å². The molecule has 0 aliphatic heterocycles. The molecule has 0 atom stereocenters. The van der Waals surface area contributed by atoms with E-state index < -0.39 is 16.0 Å². The molecule has 8 heteroatoms. The minimum Gasteiger partial charge on any atom is -0.478 e. The van der Waals surface area contributed by atoms with Crippen molar-refractivity contribution >= 4 is 49.2 Å². The number of carbonyl (C=O) groups is 1. The number of rotatable bonds is 4. The Kier molecular flexibility index (Phi) is 4.55. The van der Waals surface area contributed by atoms with Crippen LogP contribution in [0.4, 0.5) is 5.69 Å². The van der Waals surface area contributed by atoms with Crippen LogP contribution >= 0.6 is 27.5 Å². The molecular weight excluding hydrogens is 382 g/mol. The van der Waals surface area contributed by atoms with Crippen molar-refractivity contribution in [3.63, 3.8) is 0 Å². The van der Waals surface area contributed by atoms with Gasteiger partial charge in [0.2, 0.25) is 0 Å². The molecule has 0 aliphatic rings. The molecule has 0 radical (unpaired) electrons. The van der Waals surface area contributed by atoms with E-state index in [-0.39, 0.29) is 10.5 Å². The molecule has 2 N–H and O–H groups in total. The van der Waals surface area contributed by atoms with Gasteiger partial charge >= 0.3 is 5.97 Å². The highest BCUT2D eigenvalue weighted by molar-refractivity contribution is 9.10. The van der Waals surface area contributed by atoms with E-state index in [1.54, 1.807) is 12.1 Å². The molecule has 110 valence electrons. The summed E-state index contributed by atoms with van der Waals surface area (Å²) in [5.74, 6) is -1.12. The van der Waals surface area contributed by atoms with Gasteiger partial charge in [-0.2, -0.15) is 0 Å². The summed E-state index contributed by atoms with van der Waals surface area (Å²) in [5, 5.41) is 9.26. The summed E-state index contributed by atoms with van der Waals surface area (Å²) in [4.78, 5) is 10.7. The maximum Gasteiger partial charge on any atom is 0.335 e. The van der Waals surface area contributed by atoms with Crippen LogP contribution in [0.5, 0.6) is 0 Å². The summed E-state index contributed by atoms with van der Waals surface area (Å²) in [6, 6.07) is 9.56. The molecule has 21 heavy (non-hydrogen) atoms. The number of benzene rings is 2. The number of carboxylic acid groups (broad SMARTS) is 1. The Balaban J connectivity index is 2.31. The molecular formula is C13H9BrClNO4S. The second-order valence-electron chi connectivity index (χ2n) is 4.06. The lowest BCUT2D eigenvalue weighted by molar-refractivity contribution is 0.0697. The van der Waals surface area contributed by atoms with Crippen LogP contribution in [0.25, 0.3) is 0 Å². The van der Waals surface area contributed by atoms with E-state index in [2.05, 4.69) is 20.7 Å². The Morgan fingerprint density at radius 2 is 1.76 bits per heavy atom. The predicted molar refractivity (Wildman–Crippen MR) is 83.4 cm³/mol. The van der Waals surface area contributed by atoms with Crippen molar-refractivity contribution < 1.29 is 18.3 Å². The van der Waals surface area contributed by atoms with Gasteiger partial charge in [-0.1, -0.05) is 11.6 Å². The molecule has 0 aromatic heterocycles. The number of sulfonamides is 1. The largest absolute Gasteiger partial charge is 0.478 e. The molecule has 2 rings (SSSR count). The third-order valence-electron chi connectivity index (χ3n) is 2.59. The maximum atomic E-state index is 12.2. The first kappa shape index (κ1) is 15.8. The summed E-state index contributed by atoms with van der Waals surface area (Å²) in [7, 11) is -3.81. The lowest BCUT2D eigenvalue weighted by atomic mass is 10.2. The topological polar surface area (TPSA) is 83.5 Å². The smallest absolute Gasteiger partial charge is 0.335 e. The van der Waals surface area contributed by atoms with Crippen LogP contribution in [0.3, 0.4) is 0 Å². The molecule has 0 amide bonds. The summed E-state index contributed by atoms with van der Waals surface area (Å²) in [6.07, 6.45) is 0. The third-order valence-corrected chi connectivity index (χ3v) is 4.86. The number of carboxylic acids is 1. The summed E-state index contributed by atoms with van der Waals surface area (Å²) < 4.78 is 27.3.